The lowest BCUT2D eigenvalue weighted by atomic mass is 9.95. The summed E-state index contributed by atoms with van der Waals surface area (Å²) in [6, 6.07) is 0. The van der Waals surface area contributed by atoms with E-state index in [0.717, 1.165) is 32.7 Å². The van der Waals surface area contributed by atoms with Crippen LogP contribution in [0.25, 0.3) is 0 Å². The van der Waals surface area contributed by atoms with Crippen LogP contribution in [0, 0.1) is 11.8 Å². The van der Waals surface area contributed by atoms with E-state index in [1.165, 1.54) is 0 Å². The van der Waals surface area contributed by atoms with Crippen LogP contribution in [-0.4, -0.2) is 74.1 Å². The molecule has 2 heterocycles. The molecule has 0 radical (unpaired) electrons. The number of nitrogens with one attached hydrogen (secondary N) is 1. The third-order valence-electron chi connectivity index (χ3n) is 4.38. The second-order valence-corrected chi connectivity index (χ2v) is 6.90. The number of carbonyl (C=O) groups excluding carboxylic acids is 2. The largest absolute Gasteiger partial charge is 0.374 e. The van der Waals surface area contributed by atoms with Crippen molar-refractivity contribution in [2.45, 2.75) is 32.8 Å². The van der Waals surface area contributed by atoms with Crippen LogP contribution in [0.1, 0.15) is 26.7 Å². The van der Waals surface area contributed by atoms with Gasteiger partial charge in [-0.15, -0.1) is 0 Å². The molecule has 0 saturated carbocycles. The van der Waals surface area contributed by atoms with Gasteiger partial charge in [0, 0.05) is 52.1 Å². The summed E-state index contributed by atoms with van der Waals surface area (Å²) < 4.78 is 5.73. The number of ether oxygens (including phenoxy) is 1. The zero-order chi connectivity index (χ0) is 16.1. The van der Waals surface area contributed by atoms with Crippen molar-refractivity contribution < 1.29 is 14.3 Å². The molecule has 0 aromatic rings. The number of carbonyl (C=O) groups is 2. The summed E-state index contributed by atoms with van der Waals surface area (Å²) in [5.41, 5.74) is 0. The standard InChI is InChI=1S/C16H29N3O3/c1-12(2)10-19-6-7-22-14(11-19)9-17-16(21)13-4-5-18(3)15(20)8-13/h12-14H,4-11H2,1-3H3,(H,17,21). The Bertz CT molecular complexity index is 400. The minimum atomic E-state index is -0.181. The molecule has 2 fully saturated rings. The van der Waals surface area contributed by atoms with Crippen molar-refractivity contribution in [3.63, 3.8) is 0 Å². The molecule has 1 N–H and O–H groups in total. The lowest BCUT2D eigenvalue weighted by Gasteiger charge is -2.34. The van der Waals surface area contributed by atoms with E-state index in [1.54, 1.807) is 11.9 Å². The molecule has 22 heavy (non-hydrogen) atoms. The molecule has 2 amide bonds. The Labute approximate surface area is 133 Å². The number of likely N-dealkylation sites (tertiary alicyclic amines) is 1. The van der Waals surface area contributed by atoms with Gasteiger partial charge < -0.3 is 15.0 Å². The van der Waals surface area contributed by atoms with Gasteiger partial charge in [0.25, 0.3) is 0 Å². The quantitative estimate of drug-likeness (QED) is 0.795. The maximum atomic E-state index is 12.2. The van der Waals surface area contributed by atoms with E-state index in [4.69, 9.17) is 4.74 Å². The molecular formula is C16H29N3O3. The van der Waals surface area contributed by atoms with Gasteiger partial charge in [0.2, 0.25) is 11.8 Å². The average Bonchev–Trinajstić information content (AvgIpc) is 2.47. The molecule has 6 nitrogen and oxygen atoms in total. The highest BCUT2D eigenvalue weighted by Crippen LogP contribution is 2.17. The van der Waals surface area contributed by atoms with E-state index in [1.807, 2.05) is 0 Å². The summed E-state index contributed by atoms with van der Waals surface area (Å²) in [7, 11) is 1.79. The van der Waals surface area contributed by atoms with Gasteiger partial charge in [0.15, 0.2) is 0 Å². The average molecular weight is 311 g/mol. The van der Waals surface area contributed by atoms with E-state index in [9.17, 15) is 9.59 Å². The van der Waals surface area contributed by atoms with E-state index >= 15 is 0 Å². The van der Waals surface area contributed by atoms with Crippen molar-refractivity contribution in [3.8, 4) is 0 Å². The number of piperidine rings is 1. The topological polar surface area (TPSA) is 61.9 Å². The molecule has 0 spiro atoms. The highest BCUT2D eigenvalue weighted by molar-refractivity contribution is 5.86. The fourth-order valence-electron chi connectivity index (χ4n) is 3.11. The Morgan fingerprint density at radius 3 is 2.86 bits per heavy atom. The lowest BCUT2D eigenvalue weighted by molar-refractivity contribution is -0.139. The van der Waals surface area contributed by atoms with Gasteiger partial charge in [-0.2, -0.15) is 0 Å². The number of hydrogen-bond acceptors (Lipinski definition) is 4. The molecule has 2 unspecified atom stereocenters. The second-order valence-electron chi connectivity index (χ2n) is 6.90. The Balaban J connectivity index is 1.73. The molecule has 6 heteroatoms. The monoisotopic (exact) mass is 311 g/mol. The van der Waals surface area contributed by atoms with Crippen LogP contribution in [0.15, 0.2) is 0 Å². The number of nitrogens with zero attached hydrogens (tertiary/aromatic N) is 2. The fraction of sp³-hybridized carbons (Fsp3) is 0.875. The zero-order valence-corrected chi connectivity index (χ0v) is 14.0. The number of amides is 2. The number of hydrogen-bond donors (Lipinski definition) is 1. The van der Waals surface area contributed by atoms with Crippen molar-refractivity contribution in [2.24, 2.45) is 11.8 Å². The normalized spacial score (nSPS) is 27.3. The van der Waals surface area contributed by atoms with Crippen molar-refractivity contribution in [1.82, 2.24) is 15.1 Å². The molecule has 2 aliphatic heterocycles. The molecule has 2 rings (SSSR count). The minimum Gasteiger partial charge on any atom is -0.374 e. The summed E-state index contributed by atoms with van der Waals surface area (Å²) in [5, 5.41) is 2.97. The van der Waals surface area contributed by atoms with E-state index < -0.39 is 0 Å². The molecule has 0 aliphatic carbocycles. The third kappa shape index (κ3) is 4.95. The molecule has 0 aromatic heterocycles. The first-order valence-corrected chi connectivity index (χ1v) is 8.31. The van der Waals surface area contributed by atoms with Crippen LogP contribution >= 0.6 is 0 Å². The van der Waals surface area contributed by atoms with Crippen LogP contribution in [0.3, 0.4) is 0 Å². The SMILES string of the molecule is CC(C)CN1CCOC(CNC(=O)C2CCN(C)C(=O)C2)C1. The van der Waals surface area contributed by atoms with Gasteiger partial charge in [-0.3, -0.25) is 14.5 Å². The Morgan fingerprint density at radius 1 is 1.41 bits per heavy atom. The fourth-order valence-corrected chi connectivity index (χ4v) is 3.11. The third-order valence-corrected chi connectivity index (χ3v) is 4.38. The van der Waals surface area contributed by atoms with Crippen molar-refractivity contribution in [2.75, 3.05) is 46.4 Å². The highest BCUT2D eigenvalue weighted by Gasteiger charge is 2.29. The molecular weight excluding hydrogens is 282 g/mol. The Hall–Kier alpha value is -1.14. The van der Waals surface area contributed by atoms with Crippen LogP contribution in [0.5, 0.6) is 0 Å². The van der Waals surface area contributed by atoms with E-state index in [0.29, 0.717) is 25.4 Å². The van der Waals surface area contributed by atoms with Gasteiger partial charge in [-0.05, 0) is 12.3 Å². The molecule has 2 aliphatic rings. The van der Waals surface area contributed by atoms with Crippen LogP contribution < -0.4 is 5.32 Å². The van der Waals surface area contributed by atoms with Gasteiger partial charge in [-0.25, -0.2) is 0 Å². The zero-order valence-electron chi connectivity index (χ0n) is 14.0. The smallest absolute Gasteiger partial charge is 0.223 e. The van der Waals surface area contributed by atoms with Gasteiger partial charge >= 0.3 is 0 Å². The summed E-state index contributed by atoms with van der Waals surface area (Å²) in [6.07, 6.45) is 1.13. The summed E-state index contributed by atoms with van der Waals surface area (Å²) >= 11 is 0. The van der Waals surface area contributed by atoms with Crippen molar-refractivity contribution in [1.29, 1.82) is 0 Å². The van der Waals surface area contributed by atoms with Crippen LogP contribution in [0.4, 0.5) is 0 Å². The summed E-state index contributed by atoms with van der Waals surface area (Å²) in [6.45, 7) is 9.24. The predicted molar refractivity (Wildman–Crippen MR) is 84.4 cm³/mol. The van der Waals surface area contributed by atoms with E-state index in [2.05, 4.69) is 24.1 Å². The predicted octanol–water partition coefficient (Wildman–Crippen LogP) is 0.328. The Kier molecular flexibility index (Phi) is 6.20. The molecule has 126 valence electrons. The number of rotatable bonds is 5. The second kappa shape index (κ2) is 7.92. The minimum absolute atomic E-state index is 0.00830. The van der Waals surface area contributed by atoms with E-state index in [-0.39, 0.29) is 23.8 Å². The van der Waals surface area contributed by atoms with Crippen molar-refractivity contribution in [3.05, 3.63) is 0 Å². The van der Waals surface area contributed by atoms with Crippen molar-refractivity contribution >= 4 is 11.8 Å². The Morgan fingerprint density at radius 2 is 2.18 bits per heavy atom. The highest BCUT2D eigenvalue weighted by atomic mass is 16.5. The summed E-state index contributed by atoms with van der Waals surface area (Å²) in [4.78, 5) is 28.0. The maximum absolute atomic E-state index is 12.2. The maximum Gasteiger partial charge on any atom is 0.223 e. The number of morpholine rings is 1. The van der Waals surface area contributed by atoms with Gasteiger partial charge in [0.05, 0.1) is 12.7 Å². The molecule has 2 atom stereocenters. The first kappa shape index (κ1) is 17.2. The van der Waals surface area contributed by atoms with Gasteiger partial charge in [0.1, 0.15) is 0 Å². The summed E-state index contributed by atoms with van der Waals surface area (Å²) in [5.74, 6) is 0.507. The lowest BCUT2D eigenvalue weighted by Crippen LogP contribution is -2.50. The van der Waals surface area contributed by atoms with Gasteiger partial charge in [-0.1, -0.05) is 13.8 Å². The molecule has 2 saturated heterocycles. The first-order chi connectivity index (χ1) is 10.5. The molecule has 0 bridgehead atoms. The first-order valence-electron chi connectivity index (χ1n) is 8.31. The van der Waals surface area contributed by atoms with Crippen LogP contribution in [-0.2, 0) is 14.3 Å². The molecule has 0 aromatic carbocycles. The van der Waals surface area contributed by atoms with Crippen LogP contribution in [0.2, 0.25) is 0 Å².